The molecule has 2 N–H and O–H groups in total. The third-order valence-electron chi connectivity index (χ3n) is 3.71. The average molecular weight is 398 g/mol. The molecule has 1 aliphatic heterocycles. The van der Waals surface area contributed by atoms with Crippen LogP contribution in [0, 0.1) is 0 Å². The third kappa shape index (κ3) is 3.57. The largest absolute Gasteiger partial charge is 0.462 e. The van der Waals surface area contributed by atoms with E-state index in [0.717, 1.165) is 11.1 Å². The Bertz CT molecular complexity index is 911. The average Bonchev–Trinajstić information content (AvgIpc) is 3.19. The van der Waals surface area contributed by atoms with E-state index in [1.807, 2.05) is 6.92 Å². The van der Waals surface area contributed by atoms with Crippen LogP contribution in [-0.2, 0) is 20.7 Å². The molecule has 0 aliphatic carbocycles. The van der Waals surface area contributed by atoms with Gasteiger partial charge in [0.1, 0.15) is 17.6 Å². The van der Waals surface area contributed by atoms with E-state index in [-0.39, 0.29) is 28.6 Å². The van der Waals surface area contributed by atoms with E-state index in [1.165, 1.54) is 23.4 Å². The van der Waals surface area contributed by atoms with E-state index in [2.05, 4.69) is 15.4 Å². The van der Waals surface area contributed by atoms with Crippen LogP contribution in [0.2, 0.25) is 0 Å². The van der Waals surface area contributed by atoms with Gasteiger partial charge in [-0.2, -0.15) is 14.5 Å². The number of carbonyl (C=O) groups excluding carboxylic acids is 1. The van der Waals surface area contributed by atoms with Crippen LogP contribution >= 0.6 is 24.0 Å². The van der Waals surface area contributed by atoms with Gasteiger partial charge in [0, 0.05) is 12.7 Å². The summed E-state index contributed by atoms with van der Waals surface area (Å²) >= 11 is 6.43. The van der Waals surface area contributed by atoms with Crippen LogP contribution in [0.15, 0.2) is 4.79 Å². The maximum absolute atomic E-state index is 12.9. The monoisotopic (exact) mass is 398 g/mol. The van der Waals surface area contributed by atoms with Gasteiger partial charge in [0.2, 0.25) is 0 Å². The number of aryl methyl sites for hydroxylation is 1. The number of hydrogen-bond donors (Lipinski definition) is 1. The van der Waals surface area contributed by atoms with E-state index in [1.54, 1.807) is 0 Å². The van der Waals surface area contributed by atoms with Crippen LogP contribution < -0.4 is 11.3 Å². The van der Waals surface area contributed by atoms with Crippen LogP contribution in [0.5, 0.6) is 0 Å². The number of aromatic nitrogens is 5. The molecule has 1 fully saturated rings. The van der Waals surface area contributed by atoms with Crippen LogP contribution in [0.1, 0.15) is 32.2 Å². The highest BCUT2D eigenvalue weighted by atomic mass is 32.2. The molecular weight excluding hydrogens is 380 g/mol. The van der Waals surface area contributed by atoms with Crippen molar-refractivity contribution in [1.82, 2.24) is 24.8 Å². The Balaban J connectivity index is 1.95. The van der Waals surface area contributed by atoms with Gasteiger partial charge in [-0.15, -0.1) is 16.9 Å². The first-order valence-electron chi connectivity index (χ1n) is 7.99. The van der Waals surface area contributed by atoms with Crippen molar-refractivity contribution >= 4 is 46.1 Å². The summed E-state index contributed by atoms with van der Waals surface area (Å²) in [5, 5.41) is 12.4. The molecule has 2 aromatic heterocycles. The van der Waals surface area contributed by atoms with Crippen LogP contribution in [0.25, 0.3) is 11.0 Å². The zero-order valence-corrected chi connectivity index (χ0v) is 15.9. The molecule has 0 radical (unpaired) electrons. The lowest BCUT2D eigenvalue weighted by Crippen LogP contribution is -2.33. The number of fused-ring (bicyclic) bond motifs is 1. The molecule has 1 aliphatic rings. The Morgan fingerprint density at radius 2 is 2.31 bits per heavy atom. The summed E-state index contributed by atoms with van der Waals surface area (Å²) in [5.41, 5.74) is 6.10. The molecule has 0 saturated carbocycles. The lowest BCUT2D eigenvalue weighted by Gasteiger charge is -2.13. The molecule has 1 saturated heterocycles. The van der Waals surface area contributed by atoms with Crippen molar-refractivity contribution in [1.29, 1.82) is 0 Å². The Labute approximate surface area is 158 Å². The number of esters is 1. The summed E-state index contributed by atoms with van der Waals surface area (Å²) in [6, 6.07) is 0. The predicted octanol–water partition coefficient (Wildman–Crippen LogP) is 0.183. The number of thiocarbonyl (C=S) groups is 1. The second-order valence-corrected chi connectivity index (χ2v) is 7.25. The smallest absolute Gasteiger partial charge is 0.302 e. The fourth-order valence-corrected chi connectivity index (χ4v) is 3.69. The first-order chi connectivity index (χ1) is 12.4. The molecular formula is C14H18N6O4S2. The third-order valence-corrected chi connectivity index (χ3v) is 4.98. The minimum Gasteiger partial charge on any atom is -0.462 e. The Hall–Kier alpha value is -2.05. The van der Waals surface area contributed by atoms with Gasteiger partial charge in [-0.3, -0.25) is 9.59 Å². The van der Waals surface area contributed by atoms with E-state index >= 15 is 0 Å². The van der Waals surface area contributed by atoms with Gasteiger partial charge in [-0.25, -0.2) is 0 Å². The van der Waals surface area contributed by atoms with Gasteiger partial charge >= 0.3 is 5.97 Å². The molecule has 2 aromatic rings. The maximum Gasteiger partial charge on any atom is 0.302 e. The SMILES string of the molecule is CCCc1nn(C(N)=S)c2c(=O)n(C3CSC(COC(C)=O)O3)nnc12. The Morgan fingerprint density at radius 3 is 2.96 bits per heavy atom. The normalized spacial score (nSPS) is 19.8. The standard InChI is InChI=1S/C14H18N6O4S2/c1-3-4-8-11-12(20(17-8)14(15)25)13(22)19(18-16-11)9-6-26-10(24-9)5-23-7(2)21/h9-10H,3-6H2,1-2H3,(H2,15,25). The lowest BCUT2D eigenvalue weighted by atomic mass is 10.2. The maximum atomic E-state index is 12.9. The molecule has 2 atom stereocenters. The summed E-state index contributed by atoms with van der Waals surface area (Å²) in [4.78, 5) is 23.9. The zero-order valence-electron chi connectivity index (χ0n) is 14.2. The molecule has 12 heteroatoms. The number of nitrogens with two attached hydrogens (primary N) is 1. The summed E-state index contributed by atoms with van der Waals surface area (Å²) in [6.07, 6.45) is 0.827. The molecule has 140 valence electrons. The molecule has 3 rings (SSSR count). The highest BCUT2D eigenvalue weighted by Crippen LogP contribution is 2.30. The number of nitrogens with zero attached hydrogens (tertiary/aromatic N) is 5. The minimum atomic E-state index is -0.630. The van der Waals surface area contributed by atoms with Crippen molar-refractivity contribution in [3.8, 4) is 0 Å². The molecule has 0 aromatic carbocycles. The molecule has 2 unspecified atom stereocenters. The summed E-state index contributed by atoms with van der Waals surface area (Å²) in [5.74, 6) is 0.0783. The number of rotatable bonds is 5. The van der Waals surface area contributed by atoms with Gasteiger partial charge in [-0.05, 0) is 18.6 Å². The molecule has 0 amide bonds. The fourth-order valence-electron chi connectivity index (χ4n) is 2.59. The summed E-state index contributed by atoms with van der Waals surface area (Å²) in [7, 11) is 0. The van der Waals surface area contributed by atoms with Crippen LogP contribution in [0.3, 0.4) is 0 Å². The fraction of sp³-hybridized carbons (Fsp3) is 0.571. The first kappa shape index (κ1) is 18.7. The van der Waals surface area contributed by atoms with Crippen molar-refractivity contribution in [2.75, 3.05) is 12.4 Å². The van der Waals surface area contributed by atoms with E-state index in [0.29, 0.717) is 23.4 Å². The van der Waals surface area contributed by atoms with Gasteiger partial charge in [0.25, 0.3) is 5.56 Å². The van der Waals surface area contributed by atoms with E-state index < -0.39 is 11.8 Å². The number of ether oxygens (including phenoxy) is 2. The van der Waals surface area contributed by atoms with Crippen LogP contribution in [-0.4, -0.2) is 53.7 Å². The Morgan fingerprint density at radius 1 is 1.54 bits per heavy atom. The van der Waals surface area contributed by atoms with Crippen molar-refractivity contribution in [3.05, 3.63) is 16.0 Å². The zero-order chi connectivity index (χ0) is 18.8. The second kappa shape index (κ2) is 7.68. The molecule has 26 heavy (non-hydrogen) atoms. The molecule has 10 nitrogen and oxygen atoms in total. The van der Waals surface area contributed by atoms with Crippen molar-refractivity contribution in [2.45, 2.75) is 38.4 Å². The summed E-state index contributed by atoms with van der Waals surface area (Å²) < 4.78 is 13.0. The van der Waals surface area contributed by atoms with Crippen molar-refractivity contribution < 1.29 is 14.3 Å². The lowest BCUT2D eigenvalue weighted by molar-refractivity contribution is -0.144. The predicted molar refractivity (Wildman–Crippen MR) is 98.8 cm³/mol. The Kier molecular flexibility index (Phi) is 5.53. The van der Waals surface area contributed by atoms with Gasteiger partial charge in [-0.1, -0.05) is 18.6 Å². The van der Waals surface area contributed by atoms with Crippen LogP contribution in [0.4, 0.5) is 0 Å². The highest BCUT2D eigenvalue weighted by Gasteiger charge is 2.31. The van der Waals surface area contributed by atoms with Gasteiger partial charge in [0.05, 0.1) is 5.69 Å². The van der Waals surface area contributed by atoms with Gasteiger partial charge < -0.3 is 15.2 Å². The second-order valence-electron chi connectivity index (χ2n) is 5.64. The molecule has 3 heterocycles. The van der Waals surface area contributed by atoms with Gasteiger partial charge in [0.15, 0.2) is 16.9 Å². The topological polar surface area (TPSA) is 127 Å². The number of thioether (sulfide) groups is 1. The highest BCUT2D eigenvalue weighted by molar-refractivity contribution is 8.00. The number of carbonyl (C=O) groups is 1. The minimum absolute atomic E-state index is 0.0385. The number of hydrogen-bond acceptors (Lipinski definition) is 9. The molecule has 0 spiro atoms. The summed E-state index contributed by atoms with van der Waals surface area (Å²) in [6.45, 7) is 3.42. The van der Waals surface area contributed by atoms with Crippen molar-refractivity contribution in [2.24, 2.45) is 5.73 Å². The molecule has 0 bridgehead atoms. The van der Waals surface area contributed by atoms with E-state index in [9.17, 15) is 9.59 Å². The van der Waals surface area contributed by atoms with Crippen molar-refractivity contribution in [3.63, 3.8) is 0 Å². The van der Waals surface area contributed by atoms with E-state index in [4.69, 9.17) is 27.4 Å². The first-order valence-corrected chi connectivity index (χ1v) is 9.45. The quantitative estimate of drug-likeness (QED) is 0.550.